The van der Waals surface area contributed by atoms with E-state index in [0.717, 1.165) is 25.8 Å². The number of thiocarbonyl (C=S) groups is 1. The Hall–Kier alpha value is -1.96. The summed E-state index contributed by atoms with van der Waals surface area (Å²) < 4.78 is 4.97. The van der Waals surface area contributed by atoms with Gasteiger partial charge in [-0.05, 0) is 44.0 Å². The second-order valence-electron chi connectivity index (χ2n) is 4.86. The Kier molecular flexibility index (Phi) is 5.26. The third-order valence-electron chi connectivity index (χ3n) is 3.50. The van der Waals surface area contributed by atoms with E-state index in [1.54, 1.807) is 0 Å². The minimum Gasteiger partial charge on any atom is -0.400 e. The molecule has 0 saturated carbocycles. The van der Waals surface area contributed by atoms with Gasteiger partial charge >= 0.3 is 5.88 Å². The molecule has 0 aromatic carbocycles. The van der Waals surface area contributed by atoms with Crippen molar-refractivity contribution in [2.75, 3.05) is 6.54 Å². The number of nitrogens with zero attached hydrogens (tertiary/aromatic N) is 3. The van der Waals surface area contributed by atoms with Crippen LogP contribution in [-0.4, -0.2) is 33.7 Å². The van der Waals surface area contributed by atoms with Crippen molar-refractivity contribution in [1.82, 2.24) is 10.3 Å². The molecule has 2 rings (SSSR count). The van der Waals surface area contributed by atoms with Gasteiger partial charge in [-0.1, -0.05) is 6.92 Å². The fraction of sp³-hybridized carbons (Fsp3) is 0.538. The standard InChI is InChI=1S/C13H18N4O3S/c1-2-10-5-3-4-8-16(10)13(21)15-14-9-11-6-7-12(20-11)17(18)19/h6-7,9-10H,2-5,8H2,1H3,(H,15,21)/b14-9-. The first-order valence-electron chi connectivity index (χ1n) is 6.95. The van der Waals surface area contributed by atoms with E-state index in [4.69, 9.17) is 16.6 Å². The molecule has 1 atom stereocenters. The lowest BCUT2D eigenvalue weighted by atomic mass is 10.0. The summed E-state index contributed by atoms with van der Waals surface area (Å²) in [7, 11) is 0. The summed E-state index contributed by atoms with van der Waals surface area (Å²) in [6, 6.07) is 3.23. The lowest BCUT2D eigenvalue weighted by molar-refractivity contribution is -0.402. The van der Waals surface area contributed by atoms with Gasteiger partial charge < -0.3 is 9.32 Å². The molecule has 1 unspecified atom stereocenters. The van der Waals surface area contributed by atoms with Crippen LogP contribution in [0.5, 0.6) is 0 Å². The van der Waals surface area contributed by atoms with E-state index in [0.29, 0.717) is 16.9 Å². The molecule has 1 aliphatic heterocycles. The van der Waals surface area contributed by atoms with E-state index in [1.807, 2.05) is 0 Å². The van der Waals surface area contributed by atoms with Gasteiger partial charge in [0.1, 0.15) is 4.92 Å². The Morgan fingerprint density at radius 1 is 1.67 bits per heavy atom. The number of rotatable bonds is 4. The molecule has 0 spiro atoms. The van der Waals surface area contributed by atoms with Gasteiger partial charge in [0.05, 0.1) is 12.3 Å². The molecule has 1 aromatic rings. The molecule has 8 heteroatoms. The SMILES string of the molecule is CCC1CCCCN1C(=S)N/N=C\c1ccc([N+](=O)[O-])o1. The van der Waals surface area contributed by atoms with Crippen molar-refractivity contribution in [3.05, 3.63) is 28.0 Å². The van der Waals surface area contributed by atoms with E-state index < -0.39 is 4.92 Å². The monoisotopic (exact) mass is 310 g/mol. The van der Waals surface area contributed by atoms with Crippen LogP contribution in [0.2, 0.25) is 0 Å². The summed E-state index contributed by atoms with van der Waals surface area (Å²) in [6.07, 6.45) is 5.94. The van der Waals surface area contributed by atoms with Crippen LogP contribution in [0, 0.1) is 10.1 Å². The van der Waals surface area contributed by atoms with Crippen LogP contribution < -0.4 is 5.43 Å². The maximum atomic E-state index is 10.5. The number of piperidine rings is 1. The number of nitro groups is 1. The van der Waals surface area contributed by atoms with E-state index in [9.17, 15) is 10.1 Å². The minimum absolute atomic E-state index is 0.305. The molecule has 0 radical (unpaired) electrons. The normalized spacial score (nSPS) is 18.9. The number of hydrazone groups is 1. The molecule has 1 fully saturated rings. The topological polar surface area (TPSA) is 83.9 Å². The Labute approximate surface area is 128 Å². The predicted octanol–water partition coefficient (Wildman–Crippen LogP) is 2.66. The van der Waals surface area contributed by atoms with Gasteiger partial charge in [0.2, 0.25) is 0 Å². The van der Waals surface area contributed by atoms with Crippen molar-refractivity contribution in [3.8, 4) is 0 Å². The van der Waals surface area contributed by atoms with Crippen molar-refractivity contribution in [3.63, 3.8) is 0 Å². The smallest absolute Gasteiger partial charge is 0.400 e. The van der Waals surface area contributed by atoms with Gasteiger partial charge in [0.15, 0.2) is 10.9 Å². The van der Waals surface area contributed by atoms with Crippen LogP contribution in [0.1, 0.15) is 38.4 Å². The van der Waals surface area contributed by atoms with Crippen LogP contribution in [0.15, 0.2) is 21.7 Å². The van der Waals surface area contributed by atoms with Crippen LogP contribution in [0.4, 0.5) is 5.88 Å². The quantitative estimate of drug-likeness (QED) is 0.398. The summed E-state index contributed by atoms with van der Waals surface area (Å²) in [5.41, 5.74) is 2.80. The van der Waals surface area contributed by atoms with Gasteiger partial charge in [-0.15, -0.1) is 0 Å². The van der Waals surface area contributed by atoms with Gasteiger partial charge in [-0.3, -0.25) is 15.5 Å². The highest BCUT2D eigenvalue weighted by atomic mass is 32.1. The third kappa shape index (κ3) is 4.01. The molecule has 1 aromatic heterocycles. The van der Waals surface area contributed by atoms with Crippen LogP contribution in [0.3, 0.4) is 0 Å². The molecule has 1 saturated heterocycles. The molecule has 1 aliphatic rings. The average molecular weight is 310 g/mol. The Morgan fingerprint density at radius 2 is 2.48 bits per heavy atom. The first-order valence-corrected chi connectivity index (χ1v) is 7.36. The maximum Gasteiger partial charge on any atom is 0.433 e. The van der Waals surface area contributed by atoms with Crippen molar-refractivity contribution in [1.29, 1.82) is 0 Å². The molecule has 0 bridgehead atoms. The molecule has 0 aliphatic carbocycles. The summed E-state index contributed by atoms with van der Waals surface area (Å²) in [5, 5.41) is 15.1. The number of nitrogens with one attached hydrogen (secondary N) is 1. The van der Waals surface area contributed by atoms with E-state index in [1.165, 1.54) is 24.8 Å². The van der Waals surface area contributed by atoms with Crippen LogP contribution in [-0.2, 0) is 0 Å². The van der Waals surface area contributed by atoms with Crippen molar-refractivity contribution in [2.24, 2.45) is 5.10 Å². The molecular weight excluding hydrogens is 292 g/mol. The maximum absolute atomic E-state index is 10.5. The lowest BCUT2D eigenvalue weighted by Gasteiger charge is -2.36. The fourth-order valence-corrected chi connectivity index (χ4v) is 2.71. The van der Waals surface area contributed by atoms with E-state index >= 15 is 0 Å². The van der Waals surface area contributed by atoms with Gasteiger partial charge in [-0.2, -0.15) is 5.10 Å². The number of furan rings is 1. The largest absolute Gasteiger partial charge is 0.433 e. The second kappa shape index (κ2) is 7.16. The van der Waals surface area contributed by atoms with Crippen molar-refractivity contribution < 1.29 is 9.34 Å². The van der Waals surface area contributed by atoms with Gasteiger partial charge in [0.25, 0.3) is 0 Å². The van der Waals surface area contributed by atoms with Crippen molar-refractivity contribution in [2.45, 2.75) is 38.6 Å². The molecule has 2 heterocycles. The summed E-state index contributed by atoms with van der Waals surface area (Å²) in [6.45, 7) is 3.09. The van der Waals surface area contributed by atoms with E-state index in [-0.39, 0.29) is 5.88 Å². The zero-order chi connectivity index (χ0) is 15.2. The van der Waals surface area contributed by atoms with Crippen molar-refractivity contribution >= 4 is 29.4 Å². The molecule has 114 valence electrons. The first kappa shape index (κ1) is 15.4. The summed E-state index contributed by atoms with van der Waals surface area (Å²) >= 11 is 5.34. The number of likely N-dealkylation sites (tertiary alicyclic amines) is 1. The van der Waals surface area contributed by atoms with Crippen LogP contribution in [0.25, 0.3) is 0 Å². The molecule has 1 N–H and O–H groups in total. The highest BCUT2D eigenvalue weighted by Gasteiger charge is 2.22. The fourth-order valence-electron chi connectivity index (χ4n) is 2.42. The lowest BCUT2D eigenvalue weighted by Crippen LogP contribution is -2.47. The summed E-state index contributed by atoms with van der Waals surface area (Å²) in [4.78, 5) is 12.1. The Morgan fingerprint density at radius 3 is 3.14 bits per heavy atom. The summed E-state index contributed by atoms with van der Waals surface area (Å²) in [5.74, 6) is 0.00351. The molecular formula is C13H18N4O3S. The zero-order valence-corrected chi connectivity index (χ0v) is 12.6. The average Bonchev–Trinajstić information content (AvgIpc) is 2.96. The highest BCUT2D eigenvalue weighted by Crippen LogP contribution is 2.19. The van der Waals surface area contributed by atoms with Gasteiger partial charge in [0, 0.05) is 12.6 Å². The van der Waals surface area contributed by atoms with E-state index in [2.05, 4.69) is 22.4 Å². The van der Waals surface area contributed by atoms with Crippen LogP contribution >= 0.6 is 12.2 Å². The Bertz CT molecular complexity index is 543. The zero-order valence-electron chi connectivity index (χ0n) is 11.8. The molecule has 21 heavy (non-hydrogen) atoms. The predicted molar refractivity (Wildman–Crippen MR) is 83.3 cm³/mol. The van der Waals surface area contributed by atoms with Gasteiger partial charge in [-0.25, -0.2) is 0 Å². The molecule has 7 nitrogen and oxygen atoms in total. The minimum atomic E-state index is -0.588. The number of hydrogen-bond acceptors (Lipinski definition) is 5. The highest BCUT2D eigenvalue weighted by molar-refractivity contribution is 7.80. The first-order chi connectivity index (χ1) is 10.1. The second-order valence-corrected chi connectivity index (χ2v) is 5.25. The Balaban J connectivity index is 1.90. The third-order valence-corrected chi connectivity index (χ3v) is 3.83. The molecule has 0 amide bonds. The number of hydrogen-bond donors (Lipinski definition) is 1.